The minimum Gasteiger partial charge on any atom is -0.512 e. The first-order valence-corrected chi connectivity index (χ1v) is 12.3. The molecule has 0 atom stereocenters. The second-order valence-electron chi connectivity index (χ2n) is 8.01. The average molecular weight is 604 g/mol. The van der Waals surface area contributed by atoms with E-state index in [2.05, 4.69) is 0 Å². The predicted molar refractivity (Wildman–Crippen MR) is 145 cm³/mol. The number of aliphatic hydroxyl groups is 4. The quantitative estimate of drug-likeness (QED) is 0.134. The van der Waals surface area contributed by atoms with E-state index in [0.29, 0.717) is 25.7 Å². The van der Waals surface area contributed by atoms with Gasteiger partial charge in [0.25, 0.3) is 0 Å². The largest absolute Gasteiger partial charge is 0.512 e. The van der Waals surface area contributed by atoms with Crippen LogP contribution in [0.25, 0.3) is 0 Å². The number of aliphatic hydroxyl groups excluding tert-OH is 4. The Balaban J connectivity index is -0.000000122. The Morgan fingerprint density at radius 1 is 0.432 bits per heavy atom. The first-order valence-electron chi connectivity index (χ1n) is 12.3. The first kappa shape index (κ1) is 44.7. The SMILES string of the molecule is CCCC(=O)C=C(C)O.CCCC(=O)C=C(C)O.CCCC(=O)C=C(C)O.CCCC(=O)C=C(C)O.[Zr]. The molecule has 0 aliphatic carbocycles. The molecule has 0 unspecified atom stereocenters. The normalized spacial score (nSPS) is 11.2. The maximum Gasteiger partial charge on any atom is 0.158 e. The standard InChI is InChI=1S/4C7H12O2.Zr/c4*1-3-4-7(9)5-6(2)8;/h4*5,8H,3-4H2,1-2H3;. The maximum absolute atomic E-state index is 10.6. The van der Waals surface area contributed by atoms with Crippen molar-refractivity contribution >= 4 is 23.1 Å². The van der Waals surface area contributed by atoms with Crippen LogP contribution in [-0.2, 0) is 45.4 Å². The van der Waals surface area contributed by atoms with E-state index < -0.39 is 0 Å². The van der Waals surface area contributed by atoms with Crippen molar-refractivity contribution in [2.24, 2.45) is 0 Å². The summed E-state index contributed by atoms with van der Waals surface area (Å²) in [5.41, 5.74) is 0. The van der Waals surface area contributed by atoms with Crippen LogP contribution in [0.1, 0.15) is 107 Å². The molecule has 0 aromatic rings. The molecule has 0 aromatic carbocycles. The summed E-state index contributed by atoms with van der Waals surface area (Å²) in [5.74, 6) is 0.355. The molecule has 0 heterocycles. The Morgan fingerprint density at radius 3 is 0.649 bits per heavy atom. The van der Waals surface area contributed by atoms with E-state index in [1.54, 1.807) is 0 Å². The first-order chi connectivity index (χ1) is 16.7. The van der Waals surface area contributed by atoms with Crippen molar-refractivity contribution in [2.75, 3.05) is 0 Å². The third-order valence-electron chi connectivity index (χ3n) is 3.47. The van der Waals surface area contributed by atoms with Crippen LogP contribution < -0.4 is 0 Å². The topological polar surface area (TPSA) is 149 Å². The van der Waals surface area contributed by atoms with E-state index >= 15 is 0 Å². The minimum absolute atomic E-state index is 0. The predicted octanol–water partition coefficient (Wildman–Crippen LogP) is 7.27. The molecule has 8 nitrogen and oxygen atoms in total. The number of hydrogen-bond acceptors (Lipinski definition) is 8. The van der Waals surface area contributed by atoms with Gasteiger partial charge in [-0.05, 0) is 53.4 Å². The van der Waals surface area contributed by atoms with Gasteiger partial charge in [0.1, 0.15) is 0 Å². The molecule has 0 radical (unpaired) electrons. The summed E-state index contributed by atoms with van der Waals surface area (Å²) in [5, 5.41) is 34.4. The van der Waals surface area contributed by atoms with Crippen LogP contribution in [-0.4, -0.2) is 43.6 Å². The molecule has 0 saturated carbocycles. The van der Waals surface area contributed by atoms with E-state index in [-0.39, 0.29) is 72.4 Å². The van der Waals surface area contributed by atoms with Crippen molar-refractivity contribution in [1.82, 2.24) is 0 Å². The van der Waals surface area contributed by atoms with Crippen LogP contribution in [0.5, 0.6) is 0 Å². The Bertz CT molecular complexity index is 618. The summed E-state index contributed by atoms with van der Waals surface area (Å²) >= 11 is 0. The molecule has 0 amide bonds. The van der Waals surface area contributed by atoms with Gasteiger partial charge in [-0.15, -0.1) is 0 Å². The van der Waals surface area contributed by atoms with Crippen LogP contribution in [0, 0.1) is 0 Å². The molecule has 0 spiro atoms. The molecule has 0 saturated heterocycles. The summed E-state index contributed by atoms with van der Waals surface area (Å²) in [6, 6.07) is 0. The van der Waals surface area contributed by atoms with E-state index in [1.165, 1.54) is 52.0 Å². The molecule has 212 valence electrons. The van der Waals surface area contributed by atoms with Gasteiger partial charge in [0.05, 0.1) is 23.0 Å². The summed E-state index contributed by atoms with van der Waals surface area (Å²) in [6.45, 7) is 13.7. The van der Waals surface area contributed by atoms with Crippen molar-refractivity contribution in [3.05, 3.63) is 47.3 Å². The Morgan fingerprint density at radius 2 is 0.568 bits per heavy atom. The van der Waals surface area contributed by atoms with Crippen LogP contribution >= 0.6 is 0 Å². The molecule has 0 aliphatic rings. The second-order valence-corrected chi connectivity index (χ2v) is 8.01. The Labute approximate surface area is 242 Å². The van der Waals surface area contributed by atoms with Crippen molar-refractivity contribution in [2.45, 2.75) is 107 Å². The van der Waals surface area contributed by atoms with Crippen LogP contribution in [0.15, 0.2) is 47.3 Å². The van der Waals surface area contributed by atoms with Crippen molar-refractivity contribution in [1.29, 1.82) is 0 Å². The number of carbonyl (C=O) groups is 4. The van der Waals surface area contributed by atoms with E-state index in [1.807, 2.05) is 27.7 Å². The number of ketones is 4. The van der Waals surface area contributed by atoms with Crippen LogP contribution in [0.4, 0.5) is 0 Å². The fraction of sp³-hybridized carbons (Fsp3) is 0.571. The number of rotatable bonds is 12. The molecule has 0 bridgehead atoms. The maximum atomic E-state index is 10.6. The van der Waals surface area contributed by atoms with Crippen LogP contribution in [0.2, 0.25) is 0 Å². The summed E-state index contributed by atoms with van der Waals surface area (Å²) in [4.78, 5) is 42.5. The van der Waals surface area contributed by atoms with Gasteiger partial charge in [-0.1, -0.05) is 27.7 Å². The molecular formula is C28H48O8Zr. The van der Waals surface area contributed by atoms with Crippen molar-refractivity contribution in [3.63, 3.8) is 0 Å². The Kier molecular flexibility index (Phi) is 38.4. The van der Waals surface area contributed by atoms with Gasteiger partial charge in [-0.3, -0.25) is 19.2 Å². The number of allylic oxidation sites excluding steroid dienone is 8. The van der Waals surface area contributed by atoms with Gasteiger partial charge >= 0.3 is 0 Å². The smallest absolute Gasteiger partial charge is 0.158 e. The summed E-state index contributed by atoms with van der Waals surface area (Å²) < 4.78 is 0. The van der Waals surface area contributed by atoms with Crippen molar-refractivity contribution < 1.29 is 65.8 Å². The van der Waals surface area contributed by atoms with Crippen LogP contribution in [0.3, 0.4) is 0 Å². The Hall–Kier alpha value is -2.28. The molecular weight excluding hydrogens is 556 g/mol. The fourth-order valence-corrected chi connectivity index (χ4v) is 2.21. The van der Waals surface area contributed by atoms with Crippen molar-refractivity contribution in [3.8, 4) is 0 Å². The van der Waals surface area contributed by atoms with Gasteiger partial charge in [0.15, 0.2) is 23.1 Å². The van der Waals surface area contributed by atoms with Gasteiger partial charge in [0, 0.05) is 76.2 Å². The molecule has 0 aliphatic heterocycles. The zero-order chi connectivity index (χ0) is 29.1. The molecule has 0 fully saturated rings. The summed E-state index contributed by atoms with van der Waals surface area (Å²) in [7, 11) is 0. The van der Waals surface area contributed by atoms with Gasteiger partial charge < -0.3 is 20.4 Å². The van der Waals surface area contributed by atoms with Gasteiger partial charge in [0.2, 0.25) is 0 Å². The number of hydrogen-bond donors (Lipinski definition) is 4. The van der Waals surface area contributed by atoms with E-state index in [0.717, 1.165) is 25.7 Å². The second kappa shape index (κ2) is 31.8. The summed E-state index contributed by atoms with van der Waals surface area (Å²) in [6.07, 6.45) is 10.5. The third kappa shape index (κ3) is 51.3. The zero-order valence-corrected chi connectivity index (χ0v) is 26.3. The molecule has 4 N–H and O–H groups in total. The molecule has 0 rings (SSSR count). The minimum atomic E-state index is -0.00231. The molecule has 37 heavy (non-hydrogen) atoms. The molecule has 9 heteroatoms. The third-order valence-corrected chi connectivity index (χ3v) is 3.47. The zero-order valence-electron chi connectivity index (χ0n) is 23.9. The van der Waals surface area contributed by atoms with Gasteiger partial charge in [-0.25, -0.2) is 0 Å². The fourth-order valence-electron chi connectivity index (χ4n) is 2.21. The van der Waals surface area contributed by atoms with E-state index in [9.17, 15) is 19.2 Å². The monoisotopic (exact) mass is 602 g/mol. The number of carbonyl (C=O) groups excluding carboxylic acids is 4. The van der Waals surface area contributed by atoms with E-state index in [4.69, 9.17) is 20.4 Å². The van der Waals surface area contributed by atoms with Gasteiger partial charge in [-0.2, -0.15) is 0 Å². The average Bonchev–Trinajstić information content (AvgIpc) is 2.68. The molecule has 0 aromatic heterocycles.